The average molecular weight is 156 g/mol. The molecule has 0 spiro atoms. The van der Waals surface area contributed by atoms with Crippen molar-refractivity contribution in [2.45, 2.75) is 46.1 Å². The van der Waals surface area contributed by atoms with Gasteiger partial charge in [0.2, 0.25) is 0 Å². The van der Waals surface area contributed by atoms with Gasteiger partial charge in [-0.2, -0.15) is 0 Å². The molecule has 0 radical (unpaired) electrons. The molecule has 0 bridgehead atoms. The zero-order valence-electron chi connectivity index (χ0n) is 7.97. The molecule has 1 unspecified atom stereocenters. The molecule has 0 heterocycles. The van der Waals surface area contributed by atoms with Crippen LogP contribution in [0, 0.1) is 5.92 Å². The van der Waals surface area contributed by atoms with Crippen LogP contribution >= 0.6 is 0 Å². The van der Waals surface area contributed by atoms with Crippen LogP contribution in [0.25, 0.3) is 0 Å². The minimum absolute atomic E-state index is 0.384. The molecule has 0 aliphatic rings. The summed E-state index contributed by atoms with van der Waals surface area (Å²) in [5, 5.41) is 0. The lowest BCUT2D eigenvalue weighted by Crippen LogP contribution is -2.08. The molecule has 66 valence electrons. The minimum atomic E-state index is 0.384. The van der Waals surface area contributed by atoms with E-state index in [1.807, 2.05) is 0 Å². The van der Waals surface area contributed by atoms with Gasteiger partial charge in [-0.3, -0.25) is 0 Å². The van der Waals surface area contributed by atoms with E-state index < -0.39 is 0 Å². The Morgan fingerprint density at radius 2 is 2.00 bits per heavy atom. The molecule has 0 N–H and O–H groups in total. The van der Waals surface area contributed by atoms with Crippen LogP contribution in [0.4, 0.5) is 0 Å². The SMILES string of the molecule is C=COC(CC)CCC(C)C. The Morgan fingerprint density at radius 1 is 1.36 bits per heavy atom. The summed E-state index contributed by atoms with van der Waals surface area (Å²) in [6, 6.07) is 0. The normalized spacial score (nSPS) is 13.1. The van der Waals surface area contributed by atoms with Crippen molar-refractivity contribution in [2.24, 2.45) is 5.92 Å². The van der Waals surface area contributed by atoms with E-state index in [0.717, 1.165) is 18.8 Å². The minimum Gasteiger partial charge on any atom is -0.499 e. The molecule has 0 amide bonds. The van der Waals surface area contributed by atoms with Crippen molar-refractivity contribution >= 4 is 0 Å². The molecule has 0 saturated carbocycles. The summed E-state index contributed by atoms with van der Waals surface area (Å²) >= 11 is 0. The summed E-state index contributed by atoms with van der Waals surface area (Å²) in [6.45, 7) is 10.2. The molecule has 0 aromatic heterocycles. The third kappa shape index (κ3) is 5.96. The maximum Gasteiger partial charge on any atom is 0.0975 e. The van der Waals surface area contributed by atoms with Gasteiger partial charge in [0.25, 0.3) is 0 Å². The van der Waals surface area contributed by atoms with Crippen molar-refractivity contribution in [3.63, 3.8) is 0 Å². The topological polar surface area (TPSA) is 9.23 Å². The predicted octanol–water partition coefficient (Wildman–Crippen LogP) is 3.36. The standard InChI is InChI=1S/C10H20O/c1-5-10(11-6-2)8-7-9(3)4/h6,9-10H,2,5,7-8H2,1,3-4H3. The van der Waals surface area contributed by atoms with Gasteiger partial charge in [0.15, 0.2) is 0 Å². The molecule has 0 fully saturated rings. The second-order valence-corrected chi connectivity index (χ2v) is 3.30. The quantitative estimate of drug-likeness (QED) is 0.536. The van der Waals surface area contributed by atoms with Crippen LogP contribution in [0.1, 0.15) is 40.0 Å². The molecule has 1 nitrogen and oxygen atoms in total. The lowest BCUT2D eigenvalue weighted by molar-refractivity contribution is 0.126. The Balaban J connectivity index is 3.43. The third-order valence-corrected chi connectivity index (χ3v) is 1.81. The second kappa shape index (κ2) is 6.26. The first kappa shape index (κ1) is 10.5. The summed E-state index contributed by atoms with van der Waals surface area (Å²) in [7, 11) is 0. The van der Waals surface area contributed by atoms with Crippen LogP contribution < -0.4 is 0 Å². The maximum atomic E-state index is 5.31. The van der Waals surface area contributed by atoms with E-state index in [1.165, 1.54) is 6.42 Å². The van der Waals surface area contributed by atoms with Crippen molar-refractivity contribution < 1.29 is 4.74 Å². The van der Waals surface area contributed by atoms with Crippen molar-refractivity contribution in [2.75, 3.05) is 0 Å². The van der Waals surface area contributed by atoms with E-state index in [0.29, 0.717) is 6.10 Å². The first-order chi connectivity index (χ1) is 5.20. The highest BCUT2D eigenvalue weighted by atomic mass is 16.5. The lowest BCUT2D eigenvalue weighted by atomic mass is 10.0. The molecule has 0 rings (SSSR count). The van der Waals surface area contributed by atoms with Crippen LogP contribution in [0.3, 0.4) is 0 Å². The first-order valence-electron chi connectivity index (χ1n) is 4.47. The molecular weight excluding hydrogens is 136 g/mol. The zero-order chi connectivity index (χ0) is 8.69. The van der Waals surface area contributed by atoms with Crippen LogP contribution in [0.5, 0.6) is 0 Å². The Hall–Kier alpha value is -0.460. The van der Waals surface area contributed by atoms with E-state index in [9.17, 15) is 0 Å². The summed E-state index contributed by atoms with van der Waals surface area (Å²) in [4.78, 5) is 0. The van der Waals surface area contributed by atoms with Gasteiger partial charge in [-0.05, 0) is 25.2 Å². The van der Waals surface area contributed by atoms with Gasteiger partial charge in [-0.25, -0.2) is 0 Å². The summed E-state index contributed by atoms with van der Waals surface area (Å²) in [5.74, 6) is 0.775. The fourth-order valence-corrected chi connectivity index (χ4v) is 1.02. The predicted molar refractivity (Wildman–Crippen MR) is 49.4 cm³/mol. The summed E-state index contributed by atoms with van der Waals surface area (Å²) in [6.07, 6.45) is 5.41. The molecule has 0 saturated heterocycles. The van der Waals surface area contributed by atoms with Crippen LogP contribution in [-0.4, -0.2) is 6.10 Å². The highest BCUT2D eigenvalue weighted by Crippen LogP contribution is 2.11. The Kier molecular flexibility index (Phi) is 6.00. The van der Waals surface area contributed by atoms with Gasteiger partial charge in [-0.15, -0.1) is 0 Å². The number of ether oxygens (including phenoxy) is 1. The van der Waals surface area contributed by atoms with Gasteiger partial charge in [0.1, 0.15) is 0 Å². The maximum absolute atomic E-state index is 5.31. The lowest BCUT2D eigenvalue weighted by Gasteiger charge is -2.15. The van der Waals surface area contributed by atoms with Gasteiger partial charge >= 0.3 is 0 Å². The highest BCUT2D eigenvalue weighted by molar-refractivity contribution is 4.61. The van der Waals surface area contributed by atoms with Crippen molar-refractivity contribution in [3.05, 3.63) is 12.8 Å². The fourth-order valence-electron chi connectivity index (χ4n) is 1.02. The Bertz CT molecular complexity index is 97.0. The summed E-state index contributed by atoms with van der Waals surface area (Å²) in [5.41, 5.74) is 0. The molecular formula is C10H20O. The van der Waals surface area contributed by atoms with Crippen molar-refractivity contribution in [1.82, 2.24) is 0 Å². The highest BCUT2D eigenvalue weighted by Gasteiger charge is 2.05. The monoisotopic (exact) mass is 156 g/mol. The van der Waals surface area contributed by atoms with Crippen molar-refractivity contribution in [1.29, 1.82) is 0 Å². The Labute approximate surface area is 70.4 Å². The van der Waals surface area contributed by atoms with Gasteiger partial charge in [0, 0.05) is 0 Å². The van der Waals surface area contributed by atoms with Crippen LogP contribution in [0.15, 0.2) is 12.8 Å². The summed E-state index contributed by atoms with van der Waals surface area (Å²) < 4.78 is 5.31. The first-order valence-corrected chi connectivity index (χ1v) is 4.47. The molecule has 0 aromatic carbocycles. The zero-order valence-corrected chi connectivity index (χ0v) is 7.97. The fraction of sp³-hybridized carbons (Fsp3) is 0.800. The molecule has 11 heavy (non-hydrogen) atoms. The smallest absolute Gasteiger partial charge is 0.0975 e. The third-order valence-electron chi connectivity index (χ3n) is 1.81. The number of rotatable bonds is 6. The van der Waals surface area contributed by atoms with Gasteiger partial charge < -0.3 is 4.74 Å². The van der Waals surface area contributed by atoms with Crippen LogP contribution in [0.2, 0.25) is 0 Å². The molecule has 0 aliphatic carbocycles. The van der Waals surface area contributed by atoms with Crippen LogP contribution in [-0.2, 0) is 4.74 Å². The molecule has 1 heteroatoms. The number of hydrogen-bond acceptors (Lipinski definition) is 1. The van der Waals surface area contributed by atoms with E-state index in [2.05, 4.69) is 27.4 Å². The van der Waals surface area contributed by atoms with E-state index in [4.69, 9.17) is 4.74 Å². The van der Waals surface area contributed by atoms with Crippen molar-refractivity contribution in [3.8, 4) is 0 Å². The largest absolute Gasteiger partial charge is 0.499 e. The van der Waals surface area contributed by atoms with E-state index >= 15 is 0 Å². The van der Waals surface area contributed by atoms with E-state index in [1.54, 1.807) is 6.26 Å². The molecule has 0 aliphatic heterocycles. The molecule has 0 aromatic rings. The Morgan fingerprint density at radius 3 is 2.36 bits per heavy atom. The second-order valence-electron chi connectivity index (χ2n) is 3.30. The van der Waals surface area contributed by atoms with Gasteiger partial charge in [0.05, 0.1) is 12.4 Å². The van der Waals surface area contributed by atoms with Gasteiger partial charge in [-0.1, -0.05) is 27.4 Å². The van der Waals surface area contributed by atoms with E-state index in [-0.39, 0.29) is 0 Å². The number of hydrogen-bond donors (Lipinski definition) is 0. The average Bonchev–Trinajstić information content (AvgIpc) is 1.97. The molecule has 1 atom stereocenters.